The van der Waals surface area contributed by atoms with Gasteiger partial charge in [-0.2, -0.15) is 5.10 Å². The summed E-state index contributed by atoms with van der Waals surface area (Å²) < 4.78 is 29.3. The summed E-state index contributed by atoms with van der Waals surface area (Å²) in [4.78, 5) is 24.5. The first-order valence-corrected chi connectivity index (χ1v) is 14.7. The minimum absolute atomic E-state index is 0.129. The van der Waals surface area contributed by atoms with Crippen molar-refractivity contribution >= 4 is 45.7 Å². The molecule has 4 heterocycles. The minimum atomic E-state index is -0.604. The smallest absolute Gasteiger partial charge is 0.407 e. The van der Waals surface area contributed by atoms with E-state index < -0.39 is 17.1 Å². The molecular weight excluding hydrogens is 614 g/mol. The highest BCUT2D eigenvalue weighted by atomic mass is 127. The molecule has 1 aliphatic carbocycles. The molecule has 1 unspecified atom stereocenters. The molecule has 9 nitrogen and oxygen atoms in total. The summed E-state index contributed by atoms with van der Waals surface area (Å²) in [5, 5.41) is 7.65. The van der Waals surface area contributed by atoms with Crippen LogP contribution in [0.4, 0.5) is 15.0 Å². The SMILES string of the molecule is CC(C)(C)OC(=O)NC[C@]1(c2ccccc2F)[C@@H]2CCN(c3cnc4c(I)nn(C5CCCCO5)c4n3)C[C@@H]21. The fraction of sp³-hybridized carbons (Fsp3) is 0.571. The number of carbonyl (C=O) groups excluding carboxylic acids is 1. The number of hydrogen-bond acceptors (Lipinski definition) is 7. The number of fused-ring (bicyclic) bond motifs is 2. The Kier molecular flexibility index (Phi) is 6.93. The zero-order chi connectivity index (χ0) is 27.4. The van der Waals surface area contributed by atoms with Crippen LogP contribution in [-0.2, 0) is 14.9 Å². The molecule has 2 saturated heterocycles. The van der Waals surface area contributed by atoms with Gasteiger partial charge in [0, 0.05) is 31.7 Å². The number of amides is 1. The van der Waals surface area contributed by atoms with Gasteiger partial charge in [-0.25, -0.2) is 23.8 Å². The lowest BCUT2D eigenvalue weighted by atomic mass is 9.90. The minimum Gasteiger partial charge on any atom is -0.444 e. The molecule has 0 bridgehead atoms. The van der Waals surface area contributed by atoms with Crippen molar-refractivity contribution in [3.05, 3.63) is 45.5 Å². The lowest BCUT2D eigenvalue weighted by molar-refractivity contribution is -0.0372. The highest BCUT2D eigenvalue weighted by Crippen LogP contribution is 2.63. The van der Waals surface area contributed by atoms with Crippen LogP contribution in [0.2, 0.25) is 0 Å². The number of ether oxygens (including phenoxy) is 2. The van der Waals surface area contributed by atoms with Gasteiger partial charge in [0.25, 0.3) is 0 Å². The molecule has 3 aliphatic rings. The second-order valence-corrected chi connectivity index (χ2v) is 12.8. The van der Waals surface area contributed by atoms with Gasteiger partial charge in [0.05, 0.1) is 6.20 Å². The lowest BCUT2D eigenvalue weighted by Crippen LogP contribution is -2.39. The first kappa shape index (κ1) is 26.7. The van der Waals surface area contributed by atoms with Crippen LogP contribution in [0.15, 0.2) is 30.5 Å². The average Bonchev–Trinajstić information content (AvgIpc) is 3.44. The normalized spacial score (nSPS) is 26.8. The van der Waals surface area contributed by atoms with Crippen molar-refractivity contribution in [2.24, 2.45) is 11.8 Å². The van der Waals surface area contributed by atoms with E-state index >= 15 is 4.39 Å². The number of nitrogens with one attached hydrogen (secondary N) is 1. The highest BCUT2D eigenvalue weighted by Gasteiger charge is 2.67. The molecule has 208 valence electrons. The van der Waals surface area contributed by atoms with E-state index in [-0.39, 0.29) is 23.9 Å². The van der Waals surface area contributed by atoms with Crippen LogP contribution in [0, 0.1) is 21.4 Å². The van der Waals surface area contributed by atoms with Crippen LogP contribution in [0.5, 0.6) is 0 Å². The maximum atomic E-state index is 15.2. The van der Waals surface area contributed by atoms with Crippen molar-refractivity contribution in [1.82, 2.24) is 25.1 Å². The van der Waals surface area contributed by atoms with Crippen LogP contribution in [0.1, 0.15) is 58.2 Å². The zero-order valence-corrected chi connectivity index (χ0v) is 24.6. The quantitative estimate of drug-likeness (QED) is 0.381. The number of piperidine rings is 1. The van der Waals surface area contributed by atoms with Crippen molar-refractivity contribution in [3.63, 3.8) is 0 Å². The Bertz CT molecular complexity index is 1390. The number of nitrogens with zero attached hydrogens (tertiary/aromatic N) is 5. The van der Waals surface area contributed by atoms with E-state index in [1.54, 1.807) is 6.07 Å². The van der Waals surface area contributed by atoms with Gasteiger partial charge in [-0.3, -0.25) is 0 Å². The van der Waals surface area contributed by atoms with Gasteiger partial charge in [-0.1, -0.05) is 18.2 Å². The molecule has 0 spiro atoms. The number of benzene rings is 1. The fourth-order valence-electron chi connectivity index (χ4n) is 6.45. The average molecular weight is 649 g/mol. The second-order valence-electron chi connectivity index (χ2n) is 11.8. The predicted octanol–water partition coefficient (Wildman–Crippen LogP) is 5.19. The van der Waals surface area contributed by atoms with Crippen LogP contribution in [0.25, 0.3) is 11.2 Å². The molecule has 1 amide bonds. The van der Waals surface area contributed by atoms with Gasteiger partial charge in [-0.15, -0.1) is 0 Å². The highest BCUT2D eigenvalue weighted by molar-refractivity contribution is 14.1. The first-order chi connectivity index (χ1) is 18.7. The predicted molar refractivity (Wildman–Crippen MR) is 153 cm³/mol. The molecule has 3 fully saturated rings. The molecule has 1 saturated carbocycles. The largest absolute Gasteiger partial charge is 0.444 e. The van der Waals surface area contributed by atoms with Crippen molar-refractivity contribution in [3.8, 4) is 0 Å². The molecule has 1 N–H and O–H groups in total. The first-order valence-electron chi connectivity index (χ1n) is 13.7. The Hall–Kier alpha value is -2.54. The van der Waals surface area contributed by atoms with Crippen molar-refractivity contribution in [2.45, 2.75) is 63.7 Å². The third kappa shape index (κ3) is 4.96. The van der Waals surface area contributed by atoms with Crippen LogP contribution in [-0.4, -0.2) is 57.7 Å². The number of rotatable bonds is 5. The number of halogens is 2. The Morgan fingerprint density at radius 2 is 2.08 bits per heavy atom. The van der Waals surface area contributed by atoms with Crippen molar-refractivity contribution in [2.75, 3.05) is 31.1 Å². The van der Waals surface area contributed by atoms with E-state index in [2.05, 4.69) is 32.8 Å². The van der Waals surface area contributed by atoms with E-state index in [0.717, 1.165) is 59.5 Å². The topological polar surface area (TPSA) is 94.4 Å². The van der Waals surface area contributed by atoms with Crippen molar-refractivity contribution in [1.29, 1.82) is 0 Å². The van der Waals surface area contributed by atoms with E-state index in [1.807, 2.05) is 43.8 Å². The van der Waals surface area contributed by atoms with E-state index in [1.165, 1.54) is 6.07 Å². The van der Waals surface area contributed by atoms with E-state index in [9.17, 15) is 4.79 Å². The number of aromatic nitrogens is 4. The molecule has 2 aliphatic heterocycles. The summed E-state index contributed by atoms with van der Waals surface area (Å²) in [6.45, 7) is 8.01. The van der Waals surface area contributed by atoms with Crippen molar-refractivity contribution < 1.29 is 18.7 Å². The maximum absolute atomic E-state index is 15.2. The van der Waals surface area contributed by atoms with Gasteiger partial charge < -0.3 is 19.7 Å². The zero-order valence-electron chi connectivity index (χ0n) is 22.5. The van der Waals surface area contributed by atoms with Crippen LogP contribution < -0.4 is 10.2 Å². The van der Waals surface area contributed by atoms with Gasteiger partial charge in [-0.05, 0) is 92.5 Å². The number of carbonyl (C=O) groups is 1. The molecule has 39 heavy (non-hydrogen) atoms. The number of alkyl carbamates (subject to hydrolysis) is 1. The summed E-state index contributed by atoms with van der Waals surface area (Å²) in [7, 11) is 0. The Morgan fingerprint density at radius 1 is 1.26 bits per heavy atom. The third-order valence-electron chi connectivity index (χ3n) is 8.23. The molecule has 4 atom stereocenters. The lowest BCUT2D eigenvalue weighted by Gasteiger charge is -2.27. The summed E-state index contributed by atoms with van der Waals surface area (Å²) in [6, 6.07) is 6.93. The van der Waals surface area contributed by atoms with Gasteiger partial charge in [0.15, 0.2) is 15.6 Å². The summed E-state index contributed by atoms with van der Waals surface area (Å²) in [5.74, 6) is 0.946. The standard InChI is InChI=1S/C28H34FIN6O3/c1-27(2,3)39-26(37)32-16-28(18-8-4-5-9-20(18)29)17-11-12-35(15-19(17)28)21-14-31-23-24(30)34-36(25(23)33-21)22-10-6-7-13-38-22/h4-5,8-9,14,17,19,22H,6-7,10-13,15-16H2,1-3H3,(H,32,37)/t17-,19+,22?,28-/m1/s1. The maximum Gasteiger partial charge on any atom is 0.407 e. The summed E-state index contributed by atoms with van der Waals surface area (Å²) in [5.41, 5.74) is 1.06. The van der Waals surface area contributed by atoms with Crippen LogP contribution in [0.3, 0.4) is 0 Å². The summed E-state index contributed by atoms with van der Waals surface area (Å²) >= 11 is 2.20. The van der Waals surface area contributed by atoms with Crippen LogP contribution >= 0.6 is 22.6 Å². The Balaban J connectivity index is 1.27. The molecule has 6 rings (SSSR count). The Labute approximate surface area is 241 Å². The molecular formula is C28H34FIN6O3. The molecule has 11 heteroatoms. The molecule has 0 radical (unpaired) electrons. The second kappa shape index (κ2) is 10.1. The third-order valence-corrected chi connectivity index (χ3v) is 8.95. The van der Waals surface area contributed by atoms with E-state index in [0.29, 0.717) is 18.7 Å². The molecule has 3 aromatic rings. The van der Waals surface area contributed by atoms with E-state index in [4.69, 9.17) is 24.5 Å². The summed E-state index contributed by atoms with van der Waals surface area (Å²) in [6.07, 6.45) is 5.12. The van der Waals surface area contributed by atoms with Gasteiger partial charge in [0.1, 0.15) is 22.8 Å². The number of hydrogen-bond donors (Lipinski definition) is 1. The molecule has 1 aromatic carbocycles. The number of anilines is 1. The van der Waals surface area contributed by atoms with Gasteiger partial charge >= 0.3 is 6.09 Å². The van der Waals surface area contributed by atoms with Gasteiger partial charge in [0.2, 0.25) is 0 Å². The fourth-order valence-corrected chi connectivity index (χ4v) is 7.06. The molecule has 2 aromatic heterocycles. The monoisotopic (exact) mass is 648 g/mol. The Morgan fingerprint density at radius 3 is 2.82 bits per heavy atom.